The summed E-state index contributed by atoms with van der Waals surface area (Å²) in [7, 11) is 2.70. The van der Waals surface area contributed by atoms with E-state index in [1.165, 1.54) is 28.5 Å². The van der Waals surface area contributed by atoms with Gasteiger partial charge >= 0.3 is 12.1 Å². The molecule has 0 spiro atoms. The van der Waals surface area contributed by atoms with Gasteiger partial charge in [0, 0.05) is 25.3 Å². The maximum atomic E-state index is 11.6. The van der Waals surface area contributed by atoms with Crippen molar-refractivity contribution in [3.63, 3.8) is 0 Å². The molecule has 1 fully saturated rings. The van der Waals surface area contributed by atoms with Crippen molar-refractivity contribution in [1.82, 2.24) is 21.3 Å². The number of carbonyl (C=O) groups excluding carboxylic acids is 4. The number of rotatable bonds is 7. The Morgan fingerprint density at radius 3 is 2.35 bits per heavy atom. The summed E-state index contributed by atoms with van der Waals surface area (Å²) in [6.45, 7) is 1.63. The summed E-state index contributed by atoms with van der Waals surface area (Å²) in [6.07, 6.45) is 4.17. The van der Waals surface area contributed by atoms with Crippen LogP contribution < -0.4 is 21.3 Å². The van der Waals surface area contributed by atoms with Crippen molar-refractivity contribution >= 4 is 45.5 Å². The van der Waals surface area contributed by atoms with Gasteiger partial charge in [-0.2, -0.15) is 0 Å². The number of carbonyl (C=O) groups is 4. The molecule has 0 atom stereocenters. The van der Waals surface area contributed by atoms with Crippen molar-refractivity contribution in [1.29, 1.82) is 0 Å². The maximum absolute atomic E-state index is 11.6. The number of urea groups is 2. The summed E-state index contributed by atoms with van der Waals surface area (Å²) >= 11 is 0. The van der Waals surface area contributed by atoms with Crippen LogP contribution in [0.2, 0.25) is 0 Å². The quantitative estimate of drug-likeness (QED) is 0.396. The van der Waals surface area contributed by atoms with Crippen LogP contribution in [0.15, 0.2) is 0 Å². The zero-order valence-corrected chi connectivity index (χ0v) is 14.6. The Bertz CT molecular complexity index is 442. The van der Waals surface area contributed by atoms with Gasteiger partial charge in [0.05, 0.1) is 5.75 Å². The number of hydrogen-bond donors (Lipinski definition) is 4. The molecule has 0 heterocycles. The Hall–Kier alpha value is -1.42. The molecule has 130 valence electrons. The topological polar surface area (TPSA) is 116 Å². The summed E-state index contributed by atoms with van der Waals surface area (Å²) in [5, 5.41) is 9.67. The van der Waals surface area contributed by atoms with Gasteiger partial charge in [0.15, 0.2) is 0 Å². The first-order chi connectivity index (χ1) is 11.0. The Balaban J connectivity index is 1.98. The van der Waals surface area contributed by atoms with Crippen LogP contribution in [0.25, 0.3) is 0 Å². The molecule has 1 aliphatic carbocycles. The zero-order chi connectivity index (χ0) is 17.1. The minimum atomic E-state index is -0.538. The average molecular weight is 362 g/mol. The molecule has 8 nitrogen and oxygen atoms in total. The van der Waals surface area contributed by atoms with Crippen molar-refractivity contribution in [3.05, 3.63) is 0 Å². The van der Waals surface area contributed by atoms with E-state index < -0.39 is 18.0 Å². The third-order valence-electron chi connectivity index (χ3n) is 2.98. The summed E-state index contributed by atoms with van der Waals surface area (Å²) in [5.74, 6) is -0.0303. The van der Waals surface area contributed by atoms with Gasteiger partial charge in [-0.3, -0.25) is 20.2 Å². The second-order valence-electron chi connectivity index (χ2n) is 5.02. The van der Waals surface area contributed by atoms with Crippen LogP contribution in [-0.4, -0.2) is 48.0 Å². The lowest BCUT2D eigenvalue weighted by Gasteiger charge is -2.12. The van der Waals surface area contributed by atoms with Crippen molar-refractivity contribution < 1.29 is 19.2 Å². The van der Waals surface area contributed by atoms with Crippen LogP contribution in [-0.2, 0) is 9.59 Å². The van der Waals surface area contributed by atoms with Crippen LogP contribution in [0.3, 0.4) is 0 Å². The van der Waals surface area contributed by atoms with Gasteiger partial charge in [0.1, 0.15) is 0 Å². The largest absolute Gasteiger partial charge is 0.337 e. The second kappa shape index (κ2) is 11.2. The van der Waals surface area contributed by atoms with Gasteiger partial charge in [-0.25, -0.2) is 9.59 Å². The van der Waals surface area contributed by atoms with Gasteiger partial charge in [-0.05, 0) is 12.8 Å². The van der Waals surface area contributed by atoms with Crippen molar-refractivity contribution in [2.24, 2.45) is 0 Å². The molecular formula is C13H22N4O4S2. The minimum Gasteiger partial charge on any atom is -0.337 e. The first-order valence-electron chi connectivity index (χ1n) is 7.37. The van der Waals surface area contributed by atoms with Gasteiger partial charge in [0.2, 0.25) is 11.8 Å². The lowest BCUT2D eigenvalue weighted by atomic mass is 10.2. The molecule has 0 aromatic heterocycles. The molecule has 1 aliphatic rings. The highest BCUT2D eigenvalue weighted by Crippen LogP contribution is 2.20. The summed E-state index contributed by atoms with van der Waals surface area (Å²) < 4.78 is 0. The SMILES string of the molecule is CC(=O)NC(=O)NCCSSCC(=O)NC(=O)NC1CCCC1. The maximum Gasteiger partial charge on any atom is 0.321 e. The molecule has 1 rings (SSSR count). The molecule has 10 heteroatoms. The molecule has 6 amide bonds. The van der Waals surface area contributed by atoms with Gasteiger partial charge in [0.25, 0.3) is 0 Å². The first kappa shape index (κ1) is 19.6. The third-order valence-corrected chi connectivity index (χ3v) is 5.25. The monoisotopic (exact) mass is 362 g/mol. The van der Waals surface area contributed by atoms with E-state index in [0.717, 1.165) is 25.7 Å². The number of imide groups is 2. The average Bonchev–Trinajstić information content (AvgIpc) is 2.94. The van der Waals surface area contributed by atoms with E-state index in [9.17, 15) is 19.2 Å². The molecule has 0 saturated heterocycles. The van der Waals surface area contributed by atoms with Crippen molar-refractivity contribution in [2.45, 2.75) is 38.6 Å². The van der Waals surface area contributed by atoms with E-state index in [4.69, 9.17) is 0 Å². The Morgan fingerprint density at radius 2 is 1.70 bits per heavy atom. The predicted molar refractivity (Wildman–Crippen MR) is 91.1 cm³/mol. The van der Waals surface area contributed by atoms with E-state index in [-0.39, 0.29) is 17.7 Å². The highest BCUT2D eigenvalue weighted by atomic mass is 33.1. The molecule has 1 saturated carbocycles. The molecule has 4 N–H and O–H groups in total. The molecule has 0 aliphatic heterocycles. The highest BCUT2D eigenvalue weighted by molar-refractivity contribution is 8.76. The van der Waals surface area contributed by atoms with Crippen LogP contribution in [0.5, 0.6) is 0 Å². The molecule has 23 heavy (non-hydrogen) atoms. The lowest BCUT2D eigenvalue weighted by molar-refractivity contribution is -0.118. The number of hydrogen-bond acceptors (Lipinski definition) is 6. The summed E-state index contributed by atoms with van der Waals surface area (Å²) in [4.78, 5) is 44.8. The third kappa shape index (κ3) is 10.1. The Kier molecular flexibility index (Phi) is 9.53. The van der Waals surface area contributed by atoms with Crippen LogP contribution in [0.4, 0.5) is 9.59 Å². The van der Waals surface area contributed by atoms with Gasteiger partial charge in [-0.15, -0.1) is 0 Å². The van der Waals surface area contributed by atoms with E-state index in [1.54, 1.807) is 0 Å². The fourth-order valence-corrected chi connectivity index (χ4v) is 3.76. The first-order valence-corrected chi connectivity index (χ1v) is 9.86. The minimum absolute atomic E-state index is 0.155. The molecule has 0 aromatic rings. The number of amides is 6. The van der Waals surface area contributed by atoms with Gasteiger partial charge < -0.3 is 10.6 Å². The molecule has 0 aromatic carbocycles. The fraction of sp³-hybridized carbons (Fsp3) is 0.692. The highest BCUT2D eigenvalue weighted by Gasteiger charge is 2.18. The van der Waals surface area contributed by atoms with E-state index >= 15 is 0 Å². The Labute approximate surface area is 143 Å². The van der Waals surface area contributed by atoms with Crippen LogP contribution in [0, 0.1) is 0 Å². The Morgan fingerprint density at radius 1 is 1.00 bits per heavy atom. The van der Waals surface area contributed by atoms with Crippen molar-refractivity contribution in [3.8, 4) is 0 Å². The van der Waals surface area contributed by atoms with E-state index in [2.05, 4.69) is 21.3 Å². The standard InChI is InChI=1S/C13H22N4O4S2/c1-9(18)15-12(20)14-6-7-22-23-8-11(19)17-13(21)16-10-4-2-3-5-10/h10H,2-8H2,1H3,(H2,14,15,18,20)(H2,16,17,19,21). The number of nitrogens with one attached hydrogen (secondary N) is 4. The van der Waals surface area contributed by atoms with E-state index in [0.29, 0.717) is 12.3 Å². The second-order valence-corrected chi connectivity index (χ2v) is 7.61. The molecule has 0 radical (unpaired) electrons. The molecule has 0 unspecified atom stereocenters. The zero-order valence-electron chi connectivity index (χ0n) is 13.0. The normalized spacial score (nSPS) is 14.1. The van der Waals surface area contributed by atoms with Crippen LogP contribution >= 0.6 is 21.6 Å². The van der Waals surface area contributed by atoms with Crippen molar-refractivity contribution in [2.75, 3.05) is 18.1 Å². The van der Waals surface area contributed by atoms with E-state index in [1.807, 2.05) is 0 Å². The predicted octanol–water partition coefficient (Wildman–Crippen LogP) is 0.982. The molecule has 0 bridgehead atoms. The lowest BCUT2D eigenvalue weighted by Crippen LogP contribution is -2.44. The summed E-state index contributed by atoms with van der Waals surface area (Å²) in [6, 6.07) is -0.795. The molecular weight excluding hydrogens is 340 g/mol. The summed E-state index contributed by atoms with van der Waals surface area (Å²) in [5.41, 5.74) is 0. The smallest absolute Gasteiger partial charge is 0.321 e. The fourth-order valence-electron chi connectivity index (χ4n) is 2.02. The van der Waals surface area contributed by atoms with Crippen LogP contribution in [0.1, 0.15) is 32.6 Å². The van der Waals surface area contributed by atoms with Gasteiger partial charge in [-0.1, -0.05) is 34.4 Å².